The SMILES string of the molecule is CCOC(=O)c1c(C)nn(C)c1NC(=O)c1ccccc1Cl. The summed E-state index contributed by atoms with van der Waals surface area (Å²) in [5.74, 6) is -0.664. The van der Waals surface area contributed by atoms with Crippen LogP contribution < -0.4 is 5.32 Å². The van der Waals surface area contributed by atoms with Crippen LogP contribution in [0.5, 0.6) is 0 Å². The first-order chi connectivity index (χ1) is 10.5. The number of esters is 1. The van der Waals surface area contributed by atoms with Crippen LogP contribution in [0.3, 0.4) is 0 Å². The van der Waals surface area contributed by atoms with Gasteiger partial charge in [0.25, 0.3) is 5.91 Å². The summed E-state index contributed by atoms with van der Waals surface area (Å²) in [5, 5.41) is 7.15. The normalized spacial score (nSPS) is 10.4. The zero-order chi connectivity index (χ0) is 16.3. The van der Waals surface area contributed by atoms with E-state index >= 15 is 0 Å². The molecule has 116 valence electrons. The first-order valence-electron chi connectivity index (χ1n) is 6.72. The van der Waals surface area contributed by atoms with E-state index in [1.807, 2.05) is 0 Å². The highest BCUT2D eigenvalue weighted by Crippen LogP contribution is 2.22. The molecule has 0 radical (unpaired) electrons. The number of nitrogens with one attached hydrogen (secondary N) is 1. The molecule has 0 unspecified atom stereocenters. The number of carbonyl (C=O) groups excluding carboxylic acids is 2. The minimum Gasteiger partial charge on any atom is -0.462 e. The van der Waals surface area contributed by atoms with Crippen molar-refractivity contribution in [2.45, 2.75) is 13.8 Å². The summed E-state index contributed by atoms with van der Waals surface area (Å²) in [6, 6.07) is 6.67. The van der Waals surface area contributed by atoms with Crippen LogP contribution in [-0.2, 0) is 11.8 Å². The summed E-state index contributed by atoms with van der Waals surface area (Å²) >= 11 is 6.01. The van der Waals surface area contributed by atoms with Crippen molar-refractivity contribution in [3.8, 4) is 0 Å². The molecule has 1 amide bonds. The van der Waals surface area contributed by atoms with Gasteiger partial charge in [-0.15, -0.1) is 0 Å². The van der Waals surface area contributed by atoms with E-state index in [9.17, 15) is 9.59 Å². The third kappa shape index (κ3) is 3.12. The van der Waals surface area contributed by atoms with Gasteiger partial charge in [0.1, 0.15) is 11.4 Å². The lowest BCUT2D eigenvalue weighted by atomic mass is 10.2. The molecule has 0 aliphatic heterocycles. The average Bonchev–Trinajstić information content (AvgIpc) is 2.74. The summed E-state index contributed by atoms with van der Waals surface area (Å²) in [7, 11) is 1.64. The molecular formula is C15H16ClN3O3. The number of nitrogens with zero attached hydrogens (tertiary/aromatic N) is 2. The van der Waals surface area contributed by atoms with Crippen LogP contribution in [0.15, 0.2) is 24.3 Å². The van der Waals surface area contributed by atoms with Crippen molar-refractivity contribution < 1.29 is 14.3 Å². The zero-order valence-corrected chi connectivity index (χ0v) is 13.3. The quantitative estimate of drug-likeness (QED) is 0.879. The molecule has 0 spiro atoms. The Bertz CT molecular complexity index is 725. The molecule has 0 saturated heterocycles. The van der Waals surface area contributed by atoms with Gasteiger partial charge in [0.15, 0.2) is 0 Å². The molecule has 1 heterocycles. The van der Waals surface area contributed by atoms with Crippen LogP contribution in [-0.4, -0.2) is 28.3 Å². The topological polar surface area (TPSA) is 73.2 Å². The number of hydrogen-bond donors (Lipinski definition) is 1. The number of anilines is 1. The lowest BCUT2D eigenvalue weighted by Crippen LogP contribution is -2.18. The van der Waals surface area contributed by atoms with E-state index in [1.54, 1.807) is 45.2 Å². The predicted molar refractivity (Wildman–Crippen MR) is 83.3 cm³/mol. The Morgan fingerprint density at radius 3 is 2.68 bits per heavy atom. The first kappa shape index (κ1) is 16.0. The maximum atomic E-state index is 12.3. The lowest BCUT2D eigenvalue weighted by molar-refractivity contribution is 0.0526. The fourth-order valence-electron chi connectivity index (χ4n) is 2.07. The Balaban J connectivity index is 2.36. The van der Waals surface area contributed by atoms with E-state index < -0.39 is 11.9 Å². The van der Waals surface area contributed by atoms with Gasteiger partial charge in [-0.05, 0) is 26.0 Å². The van der Waals surface area contributed by atoms with Crippen molar-refractivity contribution in [3.63, 3.8) is 0 Å². The molecule has 0 atom stereocenters. The third-order valence-corrected chi connectivity index (χ3v) is 3.38. The number of aryl methyl sites for hydroxylation is 2. The highest BCUT2D eigenvalue weighted by atomic mass is 35.5. The number of hydrogen-bond acceptors (Lipinski definition) is 4. The first-order valence-corrected chi connectivity index (χ1v) is 7.10. The second-order valence-corrected chi connectivity index (χ2v) is 4.99. The van der Waals surface area contributed by atoms with E-state index in [4.69, 9.17) is 16.3 Å². The van der Waals surface area contributed by atoms with Gasteiger partial charge in [-0.1, -0.05) is 23.7 Å². The van der Waals surface area contributed by atoms with Crippen LogP contribution in [0.4, 0.5) is 5.82 Å². The number of rotatable bonds is 4. The fourth-order valence-corrected chi connectivity index (χ4v) is 2.29. The smallest absolute Gasteiger partial charge is 0.343 e. The second kappa shape index (κ2) is 6.62. The fraction of sp³-hybridized carbons (Fsp3) is 0.267. The number of amides is 1. The third-order valence-electron chi connectivity index (χ3n) is 3.05. The summed E-state index contributed by atoms with van der Waals surface area (Å²) in [4.78, 5) is 24.4. The van der Waals surface area contributed by atoms with E-state index in [1.165, 1.54) is 4.68 Å². The van der Waals surface area contributed by atoms with Gasteiger partial charge >= 0.3 is 5.97 Å². The van der Waals surface area contributed by atoms with Gasteiger partial charge in [-0.2, -0.15) is 5.10 Å². The standard InChI is InChI=1S/C15H16ClN3O3/c1-4-22-15(21)12-9(2)18-19(3)13(12)17-14(20)10-7-5-6-8-11(10)16/h5-8H,4H2,1-3H3,(H,17,20). The molecule has 1 N–H and O–H groups in total. The maximum Gasteiger partial charge on any atom is 0.343 e. The molecular weight excluding hydrogens is 306 g/mol. The number of benzene rings is 1. The van der Waals surface area contributed by atoms with E-state index in [0.717, 1.165) is 0 Å². The number of carbonyl (C=O) groups is 2. The van der Waals surface area contributed by atoms with Crippen molar-refractivity contribution in [2.75, 3.05) is 11.9 Å². The van der Waals surface area contributed by atoms with E-state index in [2.05, 4.69) is 10.4 Å². The Morgan fingerprint density at radius 2 is 2.05 bits per heavy atom. The van der Waals surface area contributed by atoms with Crippen molar-refractivity contribution in [3.05, 3.63) is 46.1 Å². The molecule has 2 rings (SSSR count). The highest BCUT2D eigenvalue weighted by molar-refractivity contribution is 6.34. The Hall–Kier alpha value is -2.34. The minimum absolute atomic E-state index is 0.241. The molecule has 0 aliphatic carbocycles. The van der Waals surface area contributed by atoms with Gasteiger partial charge in [0.2, 0.25) is 0 Å². The molecule has 1 aromatic heterocycles. The molecule has 0 bridgehead atoms. The highest BCUT2D eigenvalue weighted by Gasteiger charge is 2.23. The second-order valence-electron chi connectivity index (χ2n) is 4.59. The van der Waals surface area contributed by atoms with E-state index in [-0.39, 0.29) is 18.0 Å². The lowest BCUT2D eigenvalue weighted by Gasteiger charge is -2.09. The predicted octanol–water partition coefficient (Wildman–Crippen LogP) is 2.81. The maximum absolute atomic E-state index is 12.3. The van der Waals surface area contributed by atoms with Crippen LogP contribution in [0.2, 0.25) is 5.02 Å². The molecule has 7 heteroatoms. The molecule has 0 fully saturated rings. The number of halogens is 1. The van der Waals surface area contributed by atoms with Crippen LogP contribution in [0, 0.1) is 6.92 Å². The molecule has 0 saturated carbocycles. The van der Waals surface area contributed by atoms with Crippen LogP contribution >= 0.6 is 11.6 Å². The Kier molecular flexibility index (Phi) is 4.82. The Morgan fingerprint density at radius 1 is 1.36 bits per heavy atom. The monoisotopic (exact) mass is 321 g/mol. The van der Waals surface area contributed by atoms with Gasteiger partial charge in [0, 0.05) is 7.05 Å². The molecule has 2 aromatic rings. The van der Waals surface area contributed by atoms with E-state index in [0.29, 0.717) is 16.3 Å². The van der Waals surface area contributed by atoms with Gasteiger partial charge < -0.3 is 10.1 Å². The summed E-state index contributed by atoms with van der Waals surface area (Å²) in [6.07, 6.45) is 0. The van der Waals surface area contributed by atoms with Crippen molar-refractivity contribution >= 4 is 29.3 Å². The summed E-state index contributed by atoms with van der Waals surface area (Å²) < 4.78 is 6.43. The van der Waals surface area contributed by atoms with Gasteiger partial charge in [-0.25, -0.2) is 4.79 Å². The largest absolute Gasteiger partial charge is 0.462 e. The minimum atomic E-state index is -0.525. The molecule has 0 aliphatic rings. The number of ether oxygens (including phenoxy) is 1. The summed E-state index contributed by atoms with van der Waals surface area (Å²) in [6.45, 7) is 3.63. The van der Waals surface area contributed by atoms with Crippen molar-refractivity contribution in [1.29, 1.82) is 0 Å². The average molecular weight is 322 g/mol. The Labute approximate surface area is 133 Å². The molecule has 22 heavy (non-hydrogen) atoms. The van der Waals surface area contributed by atoms with Gasteiger partial charge in [0.05, 0.1) is 22.9 Å². The number of aromatic nitrogens is 2. The van der Waals surface area contributed by atoms with Crippen LogP contribution in [0.25, 0.3) is 0 Å². The molecule has 1 aromatic carbocycles. The van der Waals surface area contributed by atoms with Crippen molar-refractivity contribution in [1.82, 2.24) is 9.78 Å². The molecule has 6 nitrogen and oxygen atoms in total. The summed E-state index contributed by atoms with van der Waals surface area (Å²) in [5.41, 5.74) is 1.04. The zero-order valence-electron chi connectivity index (χ0n) is 12.5. The van der Waals surface area contributed by atoms with Crippen molar-refractivity contribution in [2.24, 2.45) is 7.05 Å². The van der Waals surface area contributed by atoms with Crippen LogP contribution in [0.1, 0.15) is 33.3 Å². The van der Waals surface area contributed by atoms with Gasteiger partial charge in [-0.3, -0.25) is 9.48 Å².